The second kappa shape index (κ2) is 5.73. The fourth-order valence-electron chi connectivity index (χ4n) is 0.425. The Labute approximate surface area is 73.8 Å². The van der Waals surface area contributed by atoms with Crippen LogP contribution in [-0.4, -0.2) is 34.4 Å². The molecule has 0 aliphatic rings. The molecule has 2 atom stereocenters. The summed E-state index contributed by atoms with van der Waals surface area (Å²) in [5.74, 6) is -3.10. The maximum absolute atomic E-state index is 12.2. The van der Waals surface area contributed by atoms with Crippen LogP contribution in [0.3, 0.4) is 0 Å². The average molecular weight is 202 g/mol. The second-order valence-electron chi connectivity index (χ2n) is 1.99. The Hall–Kier alpha value is -0.880. The van der Waals surface area contributed by atoms with Crippen LogP contribution < -0.4 is 5.73 Å². The number of alkyl halides is 1. The van der Waals surface area contributed by atoms with Crippen LogP contribution in [0.5, 0.6) is 0 Å². The fraction of sp³-hybridized carbons (Fsp3) is 0.600. The maximum Gasteiger partial charge on any atom is 0.338 e. The zero-order chi connectivity index (χ0) is 9.02. The summed E-state index contributed by atoms with van der Waals surface area (Å²) in [6, 6.07) is -1.46. The summed E-state index contributed by atoms with van der Waals surface area (Å²) < 4.78 is 12.2. The molecule has 0 aromatic heterocycles. The fourth-order valence-corrected chi connectivity index (χ4v) is 0.425. The molecule has 0 rings (SSSR count). The van der Waals surface area contributed by atoms with Crippen LogP contribution in [0, 0.1) is 0 Å². The van der Waals surface area contributed by atoms with Gasteiger partial charge in [0, 0.05) is 6.42 Å². The molecule has 0 aliphatic heterocycles. The molecule has 0 aromatic rings. The van der Waals surface area contributed by atoms with Gasteiger partial charge in [-0.3, -0.25) is 4.79 Å². The highest BCUT2D eigenvalue weighted by atomic mass is 35.5. The van der Waals surface area contributed by atoms with Crippen molar-refractivity contribution in [2.75, 3.05) is 0 Å². The van der Waals surface area contributed by atoms with Crippen molar-refractivity contribution in [1.29, 1.82) is 0 Å². The molecule has 0 aliphatic carbocycles. The van der Waals surface area contributed by atoms with Crippen molar-refractivity contribution in [2.45, 2.75) is 18.6 Å². The standard InChI is InChI=1S/C5H8FNO4.ClH/c6-2(4(8)9)1-3(7)5(10)11;/h2-3H,1,7H2,(H,8,9)(H,10,11);1H. The van der Waals surface area contributed by atoms with E-state index >= 15 is 0 Å². The van der Waals surface area contributed by atoms with Crippen molar-refractivity contribution < 1.29 is 24.2 Å². The lowest BCUT2D eigenvalue weighted by atomic mass is 10.1. The summed E-state index contributed by atoms with van der Waals surface area (Å²) in [4.78, 5) is 19.8. The van der Waals surface area contributed by atoms with Crippen LogP contribution in [-0.2, 0) is 9.59 Å². The van der Waals surface area contributed by atoms with Gasteiger partial charge in [0.25, 0.3) is 0 Å². The Morgan fingerprint density at radius 3 is 2.00 bits per heavy atom. The van der Waals surface area contributed by atoms with Crippen LogP contribution in [0.1, 0.15) is 6.42 Å². The van der Waals surface area contributed by atoms with E-state index in [4.69, 9.17) is 15.9 Å². The molecule has 0 saturated heterocycles. The lowest BCUT2D eigenvalue weighted by Gasteiger charge is -2.06. The maximum atomic E-state index is 12.2. The topological polar surface area (TPSA) is 101 Å². The van der Waals surface area contributed by atoms with Crippen LogP contribution in [0.25, 0.3) is 0 Å². The lowest BCUT2D eigenvalue weighted by molar-refractivity contribution is -0.144. The minimum atomic E-state index is -2.21. The lowest BCUT2D eigenvalue weighted by Crippen LogP contribution is -2.35. The van der Waals surface area contributed by atoms with Crippen molar-refractivity contribution in [3.63, 3.8) is 0 Å². The average Bonchev–Trinajstić information content (AvgIpc) is 1.87. The van der Waals surface area contributed by atoms with Gasteiger partial charge in [-0.05, 0) is 0 Å². The van der Waals surface area contributed by atoms with Gasteiger partial charge >= 0.3 is 11.9 Å². The second-order valence-corrected chi connectivity index (χ2v) is 1.99. The number of carboxylic acids is 2. The summed E-state index contributed by atoms with van der Waals surface area (Å²) >= 11 is 0. The molecule has 0 radical (unpaired) electrons. The summed E-state index contributed by atoms with van der Waals surface area (Å²) in [6.07, 6.45) is -2.91. The number of aliphatic carboxylic acids is 2. The van der Waals surface area contributed by atoms with Crippen molar-refractivity contribution in [2.24, 2.45) is 5.73 Å². The minimum Gasteiger partial charge on any atom is -0.480 e. The number of nitrogens with two attached hydrogens (primary N) is 1. The third-order valence-corrected chi connectivity index (χ3v) is 1.05. The van der Waals surface area contributed by atoms with Crippen LogP contribution in [0.4, 0.5) is 4.39 Å². The molecule has 0 amide bonds. The third-order valence-electron chi connectivity index (χ3n) is 1.05. The van der Waals surface area contributed by atoms with Crippen molar-refractivity contribution in [3.05, 3.63) is 0 Å². The number of hydrogen-bond acceptors (Lipinski definition) is 3. The number of carbonyl (C=O) groups is 2. The summed E-state index contributed by atoms with van der Waals surface area (Å²) in [7, 11) is 0. The predicted octanol–water partition coefficient (Wildman–Crippen LogP) is -0.367. The molecule has 0 spiro atoms. The predicted molar refractivity (Wildman–Crippen MR) is 40.0 cm³/mol. The van der Waals surface area contributed by atoms with Crippen LogP contribution >= 0.6 is 12.4 Å². The monoisotopic (exact) mass is 201 g/mol. The van der Waals surface area contributed by atoms with Gasteiger partial charge in [-0.15, -0.1) is 12.4 Å². The Morgan fingerprint density at radius 1 is 1.33 bits per heavy atom. The van der Waals surface area contributed by atoms with E-state index in [-0.39, 0.29) is 12.4 Å². The van der Waals surface area contributed by atoms with E-state index in [1.807, 2.05) is 0 Å². The highest BCUT2D eigenvalue weighted by Crippen LogP contribution is 2.00. The Balaban J connectivity index is 0. The van der Waals surface area contributed by atoms with Gasteiger partial charge in [-0.2, -0.15) is 0 Å². The molecule has 0 saturated carbocycles. The molecule has 4 N–H and O–H groups in total. The Morgan fingerprint density at radius 2 is 1.75 bits per heavy atom. The molecule has 0 aromatic carbocycles. The first-order chi connectivity index (χ1) is 4.95. The quantitative estimate of drug-likeness (QED) is 0.576. The first-order valence-electron chi connectivity index (χ1n) is 2.80. The van der Waals surface area contributed by atoms with Gasteiger partial charge < -0.3 is 15.9 Å². The van der Waals surface area contributed by atoms with Crippen molar-refractivity contribution >= 4 is 24.3 Å². The summed E-state index contributed by atoms with van der Waals surface area (Å²) in [5.41, 5.74) is 4.85. The van der Waals surface area contributed by atoms with E-state index < -0.39 is 30.6 Å². The molecule has 0 fully saturated rings. The third kappa shape index (κ3) is 4.86. The van der Waals surface area contributed by atoms with Crippen molar-refractivity contribution in [3.8, 4) is 0 Å². The van der Waals surface area contributed by atoms with Gasteiger partial charge in [0.05, 0.1) is 0 Å². The molecule has 7 heteroatoms. The molecule has 2 unspecified atom stereocenters. The molecule has 5 nitrogen and oxygen atoms in total. The van der Waals surface area contributed by atoms with Gasteiger partial charge in [0.1, 0.15) is 6.04 Å². The molecular formula is C5H9ClFNO4. The Kier molecular flexibility index (Phi) is 6.54. The summed E-state index contributed by atoms with van der Waals surface area (Å²) in [5, 5.41) is 16.1. The minimum absolute atomic E-state index is 0. The van der Waals surface area contributed by atoms with Gasteiger partial charge in [-0.1, -0.05) is 0 Å². The molecule has 72 valence electrons. The van der Waals surface area contributed by atoms with E-state index in [1.54, 1.807) is 0 Å². The first-order valence-corrected chi connectivity index (χ1v) is 2.80. The van der Waals surface area contributed by atoms with E-state index in [2.05, 4.69) is 0 Å². The van der Waals surface area contributed by atoms with Crippen molar-refractivity contribution in [1.82, 2.24) is 0 Å². The molecular weight excluding hydrogens is 193 g/mol. The highest BCUT2D eigenvalue weighted by molar-refractivity contribution is 5.85. The van der Waals surface area contributed by atoms with Crippen LogP contribution in [0.2, 0.25) is 0 Å². The molecule has 12 heavy (non-hydrogen) atoms. The zero-order valence-corrected chi connectivity index (χ0v) is 6.75. The number of hydrogen-bond donors (Lipinski definition) is 3. The van der Waals surface area contributed by atoms with E-state index in [0.717, 1.165) is 0 Å². The Bertz CT molecular complexity index is 159. The normalized spacial score (nSPS) is 14.2. The zero-order valence-electron chi connectivity index (χ0n) is 5.94. The smallest absolute Gasteiger partial charge is 0.338 e. The number of rotatable bonds is 4. The number of carboxylic acid groups (broad SMARTS) is 2. The van der Waals surface area contributed by atoms with Gasteiger partial charge in [0.2, 0.25) is 0 Å². The number of halogens is 2. The van der Waals surface area contributed by atoms with Crippen LogP contribution in [0.15, 0.2) is 0 Å². The highest BCUT2D eigenvalue weighted by Gasteiger charge is 2.23. The largest absolute Gasteiger partial charge is 0.480 e. The molecule has 0 heterocycles. The summed E-state index contributed by atoms with van der Waals surface area (Å²) in [6.45, 7) is 0. The SMILES string of the molecule is Cl.NC(CC(F)C(=O)O)C(=O)O. The van der Waals surface area contributed by atoms with E-state index in [0.29, 0.717) is 0 Å². The van der Waals surface area contributed by atoms with Gasteiger partial charge in [0.15, 0.2) is 6.17 Å². The molecule has 0 bridgehead atoms. The van der Waals surface area contributed by atoms with E-state index in [1.165, 1.54) is 0 Å². The first kappa shape index (κ1) is 13.7. The van der Waals surface area contributed by atoms with E-state index in [9.17, 15) is 14.0 Å². The van der Waals surface area contributed by atoms with Gasteiger partial charge in [-0.25, -0.2) is 9.18 Å².